The minimum Gasteiger partial charge on any atom is -0.177 e. The first-order valence-corrected chi connectivity index (χ1v) is 9.70. The number of aryl methyl sites for hydroxylation is 1. The fraction of sp³-hybridized carbons (Fsp3) is 0.308. The van der Waals surface area contributed by atoms with Crippen LogP contribution in [0.5, 0.6) is 0 Å². The average molecular weight is 246 g/mol. The maximum Gasteiger partial charge on any atom is 0.314 e. The molecular formula is C13H16NSSi+. The van der Waals surface area contributed by atoms with Crippen LogP contribution in [-0.2, 0) is 7.05 Å². The quantitative estimate of drug-likeness (QED) is 0.382. The van der Waals surface area contributed by atoms with Gasteiger partial charge in [-0.15, -0.1) is 5.54 Å². The number of aromatic nitrogens is 1. The number of hydrogen-bond acceptors (Lipinski definition) is 1. The summed E-state index contributed by atoms with van der Waals surface area (Å²) in [5, 5.41) is 1.16. The Morgan fingerprint density at radius 3 is 2.50 bits per heavy atom. The van der Waals surface area contributed by atoms with Gasteiger partial charge in [0.2, 0.25) is 5.52 Å². The number of para-hydroxylation sites is 1. The second-order valence-corrected chi connectivity index (χ2v) is 10.7. The van der Waals surface area contributed by atoms with Crippen molar-refractivity contribution in [2.45, 2.75) is 19.6 Å². The highest BCUT2D eigenvalue weighted by molar-refractivity contribution is 7.18. The summed E-state index contributed by atoms with van der Waals surface area (Å²) in [6.45, 7) is 6.81. The molecule has 0 unspecified atom stereocenters. The van der Waals surface area contributed by atoms with Crippen LogP contribution in [0.25, 0.3) is 10.2 Å². The van der Waals surface area contributed by atoms with Gasteiger partial charge in [-0.3, -0.25) is 0 Å². The van der Waals surface area contributed by atoms with Crippen LogP contribution in [0.1, 0.15) is 5.01 Å². The summed E-state index contributed by atoms with van der Waals surface area (Å²) >= 11 is 1.78. The number of thiazole rings is 1. The molecule has 0 aliphatic carbocycles. The summed E-state index contributed by atoms with van der Waals surface area (Å²) in [6.07, 6.45) is 0. The third kappa shape index (κ3) is 2.34. The van der Waals surface area contributed by atoms with Crippen molar-refractivity contribution < 1.29 is 4.57 Å². The highest BCUT2D eigenvalue weighted by Crippen LogP contribution is 2.18. The lowest BCUT2D eigenvalue weighted by atomic mass is 10.3. The lowest BCUT2D eigenvalue weighted by Gasteiger charge is -2.01. The molecule has 0 atom stereocenters. The number of fused-ring (bicyclic) bond motifs is 1. The van der Waals surface area contributed by atoms with Crippen molar-refractivity contribution in [2.24, 2.45) is 7.05 Å². The van der Waals surface area contributed by atoms with E-state index in [1.165, 1.54) is 10.2 Å². The summed E-state index contributed by atoms with van der Waals surface area (Å²) in [5.74, 6) is 3.34. The number of rotatable bonds is 0. The molecule has 1 heterocycles. The van der Waals surface area contributed by atoms with Crippen molar-refractivity contribution in [3.05, 3.63) is 29.3 Å². The molecular weight excluding hydrogens is 230 g/mol. The van der Waals surface area contributed by atoms with Gasteiger partial charge in [0.05, 0.1) is 0 Å². The van der Waals surface area contributed by atoms with Gasteiger partial charge in [0.1, 0.15) is 19.8 Å². The Labute approximate surface area is 102 Å². The Morgan fingerprint density at radius 1 is 1.19 bits per heavy atom. The summed E-state index contributed by atoms with van der Waals surface area (Å²) in [7, 11) is 0.811. The molecule has 16 heavy (non-hydrogen) atoms. The maximum atomic E-state index is 3.42. The predicted octanol–water partition coefficient (Wildman–Crippen LogP) is 2.95. The zero-order valence-electron chi connectivity index (χ0n) is 10.2. The minimum absolute atomic E-state index is 1.16. The van der Waals surface area contributed by atoms with E-state index in [0.29, 0.717) is 0 Å². The van der Waals surface area contributed by atoms with Crippen LogP contribution >= 0.6 is 11.3 Å². The van der Waals surface area contributed by atoms with Crippen molar-refractivity contribution in [1.82, 2.24) is 0 Å². The Balaban J connectivity index is 2.53. The first-order valence-electron chi connectivity index (χ1n) is 5.38. The van der Waals surface area contributed by atoms with E-state index in [-0.39, 0.29) is 0 Å². The zero-order valence-corrected chi connectivity index (χ0v) is 12.0. The number of benzene rings is 1. The Kier molecular flexibility index (Phi) is 2.87. The fourth-order valence-corrected chi connectivity index (χ4v) is 3.04. The van der Waals surface area contributed by atoms with Gasteiger partial charge in [-0.05, 0) is 6.07 Å². The molecule has 0 fully saturated rings. The highest BCUT2D eigenvalue weighted by Gasteiger charge is 2.15. The van der Waals surface area contributed by atoms with Crippen molar-refractivity contribution in [3.8, 4) is 11.5 Å². The largest absolute Gasteiger partial charge is 0.314 e. The highest BCUT2D eigenvalue weighted by atomic mass is 32.1. The first-order chi connectivity index (χ1) is 7.47. The van der Waals surface area contributed by atoms with E-state index in [1.807, 2.05) is 0 Å². The molecule has 0 saturated heterocycles. The van der Waals surface area contributed by atoms with Crippen LogP contribution < -0.4 is 4.57 Å². The van der Waals surface area contributed by atoms with Crippen molar-refractivity contribution in [3.63, 3.8) is 0 Å². The summed E-state index contributed by atoms with van der Waals surface area (Å²) in [4.78, 5) is 0. The van der Waals surface area contributed by atoms with Crippen molar-refractivity contribution >= 4 is 29.6 Å². The van der Waals surface area contributed by atoms with Crippen LogP contribution in [0.15, 0.2) is 24.3 Å². The average Bonchev–Trinajstić information content (AvgIpc) is 2.53. The Hall–Kier alpha value is -1.11. The summed E-state index contributed by atoms with van der Waals surface area (Å²) in [5.41, 5.74) is 4.69. The molecule has 1 aromatic heterocycles. The van der Waals surface area contributed by atoms with Gasteiger partial charge in [0.25, 0.3) is 0 Å². The SMILES string of the molecule is C[n+]1c(C#C[Si](C)(C)C)sc2ccccc21. The molecule has 0 aliphatic rings. The van der Waals surface area contributed by atoms with Gasteiger partial charge >= 0.3 is 5.01 Å². The van der Waals surface area contributed by atoms with Gasteiger partial charge < -0.3 is 0 Å². The van der Waals surface area contributed by atoms with E-state index in [0.717, 1.165) is 5.01 Å². The van der Waals surface area contributed by atoms with Gasteiger partial charge in [-0.25, -0.2) is 0 Å². The van der Waals surface area contributed by atoms with E-state index in [4.69, 9.17) is 0 Å². The monoisotopic (exact) mass is 246 g/mol. The normalized spacial score (nSPS) is 11.2. The third-order valence-corrected chi connectivity index (χ3v) is 4.29. The standard InChI is InChI=1S/C13H16NSSi/c1-14-11-7-5-6-8-12(11)15-13(14)9-10-16(2,3)4/h5-8H,1-4H3/q+1. The van der Waals surface area contributed by atoms with E-state index in [2.05, 4.69) is 67.0 Å². The van der Waals surface area contributed by atoms with E-state index in [1.54, 1.807) is 11.3 Å². The molecule has 1 aromatic carbocycles. The van der Waals surface area contributed by atoms with E-state index in [9.17, 15) is 0 Å². The topological polar surface area (TPSA) is 3.88 Å². The maximum absolute atomic E-state index is 3.42. The number of hydrogen-bond donors (Lipinski definition) is 0. The van der Waals surface area contributed by atoms with Crippen LogP contribution in [0.3, 0.4) is 0 Å². The predicted molar refractivity (Wildman–Crippen MR) is 73.2 cm³/mol. The van der Waals surface area contributed by atoms with Crippen LogP contribution in [0.2, 0.25) is 19.6 Å². The van der Waals surface area contributed by atoms with E-state index < -0.39 is 8.07 Å². The molecule has 2 aromatic rings. The fourth-order valence-electron chi connectivity index (χ4n) is 1.45. The van der Waals surface area contributed by atoms with Crippen LogP contribution in [0, 0.1) is 11.5 Å². The molecule has 0 bridgehead atoms. The second kappa shape index (κ2) is 4.04. The second-order valence-electron chi connectivity index (χ2n) is 4.93. The first kappa shape index (κ1) is 11.4. The molecule has 0 spiro atoms. The van der Waals surface area contributed by atoms with E-state index >= 15 is 0 Å². The molecule has 0 saturated carbocycles. The van der Waals surface area contributed by atoms with Gasteiger partial charge in [-0.2, -0.15) is 4.57 Å². The van der Waals surface area contributed by atoms with Gasteiger partial charge in [0, 0.05) is 12.0 Å². The van der Waals surface area contributed by atoms with Crippen molar-refractivity contribution in [1.29, 1.82) is 0 Å². The summed E-state index contributed by atoms with van der Waals surface area (Å²) in [6, 6.07) is 8.45. The van der Waals surface area contributed by atoms with Crippen LogP contribution in [0.4, 0.5) is 0 Å². The Bertz CT molecular complexity index is 581. The smallest absolute Gasteiger partial charge is 0.177 e. The molecule has 0 amide bonds. The van der Waals surface area contributed by atoms with Crippen LogP contribution in [-0.4, -0.2) is 8.07 Å². The van der Waals surface area contributed by atoms with Gasteiger partial charge in [0.15, 0.2) is 0 Å². The molecule has 0 N–H and O–H groups in total. The molecule has 2 rings (SSSR count). The molecule has 3 heteroatoms. The lowest BCUT2D eigenvalue weighted by Crippen LogP contribution is -2.29. The van der Waals surface area contributed by atoms with Crippen molar-refractivity contribution in [2.75, 3.05) is 0 Å². The Morgan fingerprint density at radius 2 is 1.88 bits per heavy atom. The molecule has 1 nitrogen and oxygen atoms in total. The molecule has 0 radical (unpaired) electrons. The lowest BCUT2D eigenvalue weighted by molar-refractivity contribution is -0.642. The summed E-state index contributed by atoms with van der Waals surface area (Å²) < 4.78 is 3.50. The number of nitrogens with zero attached hydrogens (tertiary/aromatic N) is 1. The zero-order chi connectivity index (χ0) is 11.8. The van der Waals surface area contributed by atoms with Gasteiger partial charge in [-0.1, -0.05) is 43.1 Å². The molecule has 82 valence electrons. The minimum atomic E-state index is -1.28. The third-order valence-electron chi connectivity index (χ3n) is 2.28. The molecule has 0 aliphatic heterocycles.